The second kappa shape index (κ2) is 10.1. The van der Waals surface area contributed by atoms with E-state index in [1.54, 1.807) is 23.1 Å². The average molecular weight is 441 g/mol. The van der Waals surface area contributed by atoms with Gasteiger partial charge < -0.3 is 5.32 Å². The Morgan fingerprint density at radius 2 is 1.71 bits per heavy atom. The second-order valence-corrected chi connectivity index (χ2v) is 8.87. The Bertz CT molecular complexity index is 1250. The summed E-state index contributed by atoms with van der Waals surface area (Å²) >= 11 is 3.26. The minimum atomic E-state index is -0.134. The molecule has 0 fully saturated rings. The SMILES string of the molecule is Cc1nc(CSc2ccccc2C(=O)Nc2cccc(C#Cc3ccccc3)c2)cs1. The molecule has 0 aliphatic heterocycles. The Balaban J connectivity index is 1.47. The minimum Gasteiger partial charge on any atom is -0.322 e. The number of aryl methyl sites for hydroxylation is 1. The van der Waals surface area contributed by atoms with Gasteiger partial charge in [-0.2, -0.15) is 0 Å². The van der Waals surface area contributed by atoms with E-state index in [9.17, 15) is 4.79 Å². The van der Waals surface area contributed by atoms with Gasteiger partial charge in [0, 0.05) is 32.8 Å². The van der Waals surface area contributed by atoms with Gasteiger partial charge in [-0.05, 0) is 49.4 Å². The van der Waals surface area contributed by atoms with Crippen LogP contribution >= 0.6 is 23.1 Å². The fourth-order valence-electron chi connectivity index (χ4n) is 2.95. The number of aromatic nitrogens is 1. The molecule has 0 radical (unpaired) electrons. The summed E-state index contributed by atoms with van der Waals surface area (Å²) in [4.78, 5) is 18.4. The molecule has 1 amide bonds. The first kappa shape index (κ1) is 20.9. The molecule has 1 N–H and O–H groups in total. The van der Waals surface area contributed by atoms with Crippen LogP contribution in [0.5, 0.6) is 0 Å². The first-order valence-corrected chi connectivity index (χ1v) is 11.7. The summed E-state index contributed by atoms with van der Waals surface area (Å²) in [5.74, 6) is 6.90. The van der Waals surface area contributed by atoms with E-state index in [0.717, 1.165) is 38.2 Å². The molecule has 0 unspecified atom stereocenters. The van der Waals surface area contributed by atoms with Crippen molar-refractivity contribution in [2.45, 2.75) is 17.6 Å². The molecule has 0 aliphatic carbocycles. The number of benzene rings is 3. The number of amides is 1. The molecule has 4 rings (SSSR count). The van der Waals surface area contributed by atoms with Gasteiger partial charge in [0.15, 0.2) is 0 Å². The predicted octanol–water partition coefficient (Wildman–Crippen LogP) is 6.40. The van der Waals surface area contributed by atoms with Crippen molar-refractivity contribution in [3.05, 3.63) is 112 Å². The number of nitrogens with one attached hydrogen (secondary N) is 1. The molecule has 31 heavy (non-hydrogen) atoms. The van der Waals surface area contributed by atoms with Gasteiger partial charge in [0.1, 0.15) is 0 Å². The summed E-state index contributed by atoms with van der Waals surface area (Å²) in [6, 6.07) is 25.1. The molecule has 3 nitrogen and oxygen atoms in total. The lowest BCUT2D eigenvalue weighted by Crippen LogP contribution is -2.13. The van der Waals surface area contributed by atoms with Crippen molar-refractivity contribution in [3.63, 3.8) is 0 Å². The molecule has 0 spiro atoms. The monoisotopic (exact) mass is 440 g/mol. The van der Waals surface area contributed by atoms with Gasteiger partial charge in [-0.3, -0.25) is 4.79 Å². The van der Waals surface area contributed by atoms with Crippen LogP contribution in [0.1, 0.15) is 32.2 Å². The van der Waals surface area contributed by atoms with E-state index in [1.807, 2.05) is 85.8 Å². The molecule has 1 aromatic heterocycles. The van der Waals surface area contributed by atoms with Crippen LogP contribution in [-0.4, -0.2) is 10.9 Å². The van der Waals surface area contributed by atoms with Crippen LogP contribution in [0.25, 0.3) is 0 Å². The average Bonchev–Trinajstić information content (AvgIpc) is 3.22. The standard InChI is InChI=1S/C26H20N2OS2/c1-19-27-23(17-30-19)18-31-25-13-6-5-12-24(25)26(29)28-22-11-7-10-21(16-22)15-14-20-8-3-2-4-9-20/h2-13,16-17H,18H2,1H3,(H,28,29). The van der Waals surface area contributed by atoms with Crippen LogP contribution in [-0.2, 0) is 5.75 Å². The number of carbonyl (C=O) groups excluding carboxylic acids is 1. The molecule has 0 saturated carbocycles. The van der Waals surface area contributed by atoms with E-state index < -0.39 is 0 Å². The Labute approximate surface area is 190 Å². The Hall–Kier alpha value is -3.33. The molecule has 3 aromatic carbocycles. The van der Waals surface area contributed by atoms with Crippen molar-refractivity contribution in [3.8, 4) is 11.8 Å². The number of thiazole rings is 1. The zero-order chi connectivity index (χ0) is 21.5. The topological polar surface area (TPSA) is 42.0 Å². The van der Waals surface area contributed by atoms with Gasteiger partial charge in [-0.1, -0.05) is 48.2 Å². The van der Waals surface area contributed by atoms with Crippen LogP contribution < -0.4 is 5.32 Å². The third-order valence-electron chi connectivity index (χ3n) is 4.42. The van der Waals surface area contributed by atoms with Crippen molar-refractivity contribution in [2.24, 2.45) is 0 Å². The third kappa shape index (κ3) is 5.85. The van der Waals surface area contributed by atoms with Gasteiger partial charge in [-0.15, -0.1) is 23.1 Å². The highest BCUT2D eigenvalue weighted by Gasteiger charge is 2.12. The fourth-order valence-corrected chi connectivity index (χ4v) is 4.61. The van der Waals surface area contributed by atoms with Crippen molar-refractivity contribution in [2.75, 3.05) is 5.32 Å². The van der Waals surface area contributed by atoms with Crippen LogP contribution in [0, 0.1) is 18.8 Å². The summed E-state index contributed by atoms with van der Waals surface area (Å²) in [6.07, 6.45) is 0. The summed E-state index contributed by atoms with van der Waals surface area (Å²) in [5.41, 5.74) is 4.22. The largest absolute Gasteiger partial charge is 0.322 e. The van der Waals surface area contributed by atoms with Gasteiger partial charge in [0.25, 0.3) is 5.91 Å². The molecule has 152 valence electrons. The zero-order valence-electron chi connectivity index (χ0n) is 17.0. The predicted molar refractivity (Wildman–Crippen MR) is 130 cm³/mol. The number of hydrogen-bond acceptors (Lipinski definition) is 4. The summed E-state index contributed by atoms with van der Waals surface area (Å²) < 4.78 is 0. The van der Waals surface area contributed by atoms with Crippen molar-refractivity contribution in [1.82, 2.24) is 4.98 Å². The highest BCUT2D eigenvalue weighted by molar-refractivity contribution is 7.98. The lowest BCUT2D eigenvalue weighted by atomic mass is 10.1. The maximum Gasteiger partial charge on any atom is 0.256 e. The van der Waals surface area contributed by atoms with Gasteiger partial charge in [-0.25, -0.2) is 4.98 Å². The highest BCUT2D eigenvalue weighted by atomic mass is 32.2. The van der Waals surface area contributed by atoms with Crippen LogP contribution in [0.4, 0.5) is 5.69 Å². The Morgan fingerprint density at radius 3 is 2.52 bits per heavy atom. The van der Waals surface area contributed by atoms with E-state index in [-0.39, 0.29) is 5.91 Å². The quantitative estimate of drug-likeness (QED) is 0.289. The lowest BCUT2D eigenvalue weighted by Gasteiger charge is -2.10. The van der Waals surface area contributed by atoms with Crippen molar-refractivity contribution >= 4 is 34.7 Å². The van der Waals surface area contributed by atoms with Crippen molar-refractivity contribution < 1.29 is 4.79 Å². The van der Waals surface area contributed by atoms with Gasteiger partial charge in [0.05, 0.1) is 16.3 Å². The summed E-state index contributed by atoms with van der Waals surface area (Å²) in [6.45, 7) is 2.00. The fraction of sp³-hybridized carbons (Fsp3) is 0.0769. The highest BCUT2D eigenvalue weighted by Crippen LogP contribution is 2.27. The molecular weight excluding hydrogens is 420 g/mol. The number of nitrogens with zero attached hydrogens (tertiary/aromatic N) is 1. The second-order valence-electron chi connectivity index (χ2n) is 6.79. The molecule has 4 aromatic rings. The minimum absolute atomic E-state index is 0.134. The molecule has 0 saturated heterocycles. The molecule has 0 atom stereocenters. The maximum atomic E-state index is 13.0. The van der Waals surface area contributed by atoms with E-state index in [1.165, 1.54) is 0 Å². The first-order valence-electron chi connectivity index (χ1n) is 9.79. The Morgan fingerprint density at radius 1 is 0.968 bits per heavy atom. The van der Waals surface area contributed by atoms with Crippen LogP contribution in [0.3, 0.4) is 0 Å². The number of hydrogen-bond donors (Lipinski definition) is 1. The van der Waals surface area contributed by atoms with Gasteiger partial charge >= 0.3 is 0 Å². The van der Waals surface area contributed by atoms with Crippen LogP contribution in [0.2, 0.25) is 0 Å². The third-order valence-corrected chi connectivity index (χ3v) is 6.35. The van der Waals surface area contributed by atoms with E-state index >= 15 is 0 Å². The van der Waals surface area contributed by atoms with E-state index in [4.69, 9.17) is 0 Å². The molecule has 1 heterocycles. The Kier molecular flexibility index (Phi) is 6.83. The number of thioether (sulfide) groups is 1. The van der Waals surface area contributed by atoms with Crippen LogP contribution in [0.15, 0.2) is 89.1 Å². The van der Waals surface area contributed by atoms with E-state index in [0.29, 0.717) is 5.56 Å². The summed E-state index contributed by atoms with van der Waals surface area (Å²) in [7, 11) is 0. The maximum absolute atomic E-state index is 13.0. The number of carbonyl (C=O) groups is 1. The molecule has 0 aliphatic rings. The van der Waals surface area contributed by atoms with Crippen molar-refractivity contribution in [1.29, 1.82) is 0 Å². The molecule has 0 bridgehead atoms. The number of anilines is 1. The summed E-state index contributed by atoms with van der Waals surface area (Å²) in [5, 5.41) is 6.12. The normalized spacial score (nSPS) is 10.2. The first-order chi connectivity index (χ1) is 15.2. The van der Waals surface area contributed by atoms with E-state index in [2.05, 4.69) is 27.5 Å². The van der Waals surface area contributed by atoms with Gasteiger partial charge in [0.2, 0.25) is 0 Å². The zero-order valence-corrected chi connectivity index (χ0v) is 18.6. The number of rotatable bonds is 5. The smallest absolute Gasteiger partial charge is 0.256 e. The molecular formula is C26H20N2OS2. The lowest BCUT2D eigenvalue weighted by molar-refractivity contribution is 0.102. The molecule has 5 heteroatoms.